The Balaban J connectivity index is 1.75. The van der Waals surface area contributed by atoms with E-state index in [2.05, 4.69) is 68.1 Å². The molecule has 0 spiro atoms. The van der Waals surface area contributed by atoms with Crippen LogP contribution in [0.25, 0.3) is 0 Å². The second-order valence-electron chi connectivity index (χ2n) is 10.0. The third-order valence-corrected chi connectivity index (χ3v) is 10.2. The molecule has 0 unspecified atom stereocenters. The molecule has 0 aliphatic carbocycles. The molecule has 4 rings (SSSR count). The maximum Gasteiger partial charge on any atom is 0.268 e. The largest absolute Gasteiger partial charge is 0.351 e. The lowest BCUT2D eigenvalue weighted by Gasteiger charge is -2.34. The molecule has 1 amide bonds. The summed E-state index contributed by atoms with van der Waals surface area (Å²) in [7, 11) is -5.17. The van der Waals surface area contributed by atoms with Crippen LogP contribution in [0.5, 0.6) is 0 Å². The van der Waals surface area contributed by atoms with Crippen molar-refractivity contribution in [1.82, 2.24) is 9.71 Å². The van der Waals surface area contributed by atoms with E-state index in [0.717, 1.165) is 18.3 Å². The van der Waals surface area contributed by atoms with Crippen molar-refractivity contribution in [3.05, 3.63) is 77.9 Å². The summed E-state index contributed by atoms with van der Waals surface area (Å²) in [5, 5.41) is 2.17. The lowest BCUT2D eigenvalue weighted by atomic mass is 9.97. The molecule has 0 saturated carbocycles. The molecule has 1 N–H and O–H groups in total. The van der Waals surface area contributed by atoms with Crippen LogP contribution in [0.4, 0.5) is 5.82 Å². The highest BCUT2D eigenvalue weighted by atomic mass is 32.2. The van der Waals surface area contributed by atoms with Gasteiger partial charge < -0.3 is 4.90 Å². The molecule has 1 saturated heterocycles. The Morgan fingerprint density at radius 1 is 1.06 bits per heavy atom. The maximum absolute atomic E-state index is 13.3. The average Bonchev–Trinajstić information content (AvgIpc) is 3.10. The Morgan fingerprint density at radius 3 is 2.31 bits per heavy atom. The van der Waals surface area contributed by atoms with Crippen LogP contribution in [-0.4, -0.2) is 40.2 Å². The van der Waals surface area contributed by atoms with Gasteiger partial charge in [0, 0.05) is 17.4 Å². The topological polar surface area (TPSA) is 79.4 Å². The van der Waals surface area contributed by atoms with E-state index in [9.17, 15) is 13.2 Å². The first kappa shape index (κ1) is 25.1. The van der Waals surface area contributed by atoms with Gasteiger partial charge in [0.2, 0.25) is 0 Å². The maximum atomic E-state index is 13.3. The molecule has 0 bridgehead atoms. The van der Waals surface area contributed by atoms with Gasteiger partial charge in [0.1, 0.15) is 14.6 Å². The van der Waals surface area contributed by atoms with E-state index in [1.807, 2.05) is 6.07 Å². The molecule has 3 aromatic rings. The average molecular weight is 507 g/mol. The van der Waals surface area contributed by atoms with Gasteiger partial charge in [0.25, 0.3) is 15.9 Å². The van der Waals surface area contributed by atoms with E-state index in [1.54, 1.807) is 24.3 Å². The second kappa shape index (κ2) is 9.58. The van der Waals surface area contributed by atoms with Gasteiger partial charge in [0.15, 0.2) is 0 Å². The number of nitrogens with one attached hydrogen (secondary N) is 1. The number of carbonyl (C=O) groups is 1. The lowest BCUT2D eigenvalue weighted by molar-refractivity contribution is 0.0981. The number of hydrogen-bond acceptors (Lipinski definition) is 5. The number of benzene rings is 2. The van der Waals surface area contributed by atoms with Crippen molar-refractivity contribution in [3.8, 4) is 0 Å². The molecule has 2 heterocycles. The molecule has 1 aliphatic rings. The fourth-order valence-corrected chi connectivity index (χ4v) is 7.34. The Hall–Kier alpha value is -2.97. The summed E-state index contributed by atoms with van der Waals surface area (Å²) in [6.07, 6.45) is 0.962. The number of pyridine rings is 1. The minimum absolute atomic E-state index is 0.0491. The van der Waals surface area contributed by atoms with Gasteiger partial charge >= 0.3 is 0 Å². The first-order chi connectivity index (χ1) is 16.5. The molecular weight excluding hydrogens is 474 g/mol. The van der Waals surface area contributed by atoms with Crippen molar-refractivity contribution in [2.24, 2.45) is 5.92 Å². The molecule has 6 nitrogen and oxygen atoms in total. The van der Waals surface area contributed by atoms with Crippen molar-refractivity contribution in [1.29, 1.82) is 0 Å². The minimum Gasteiger partial charge on any atom is -0.351 e. The second-order valence-corrected chi connectivity index (χ2v) is 14.1. The smallest absolute Gasteiger partial charge is 0.268 e. The summed E-state index contributed by atoms with van der Waals surface area (Å²) in [6, 6.07) is 20.0. The van der Waals surface area contributed by atoms with Crippen LogP contribution in [0.15, 0.2) is 71.6 Å². The molecule has 8 heteroatoms. The highest BCUT2D eigenvalue weighted by molar-refractivity contribution is 7.90. The number of amides is 1. The number of rotatable bonds is 6. The van der Waals surface area contributed by atoms with E-state index in [1.165, 1.54) is 22.9 Å². The molecule has 1 atom stereocenters. The number of aromatic nitrogens is 1. The Bertz CT molecular complexity index is 1330. The summed E-state index contributed by atoms with van der Waals surface area (Å²) < 4.78 is 28.0. The number of anilines is 1. The van der Waals surface area contributed by atoms with Crippen LogP contribution in [0.1, 0.15) is 43.1 Å². The van der Waals surface area contributed by atoms with Crippen molar-refractivity contribution in [2.45, 2.75) is 51.1 Å². The molecule has 1 aromatic heterocycles. The molecule has 35 heavy (non-hydrogen) atoms. The fourth-order valence-electron chi connectivity index (χ4n) is 4.79. The zero-order valence-corrected chi connectivity index (χ0v) is 22.7. The third-order valence-electron chi connectivity index (χ3n) is 6.60. The number of sulfonamides is 1. The predicted octanol–water partition coefficient (Wildman–Crippen LogP) is 3.37. The van der Waals surface area contributed by atoms with Gasteiger partial charge in [-0.2, -0.15) is 0 Å². The SMILES string of the molecule is Cc1ccc([Si](C)c2ccc(C(=O)NS(=O)(=O)c3ccccc3)c(N3C[C@@H](C)CC3(C)C)n2)cc1. The van der Waals surface area contributed by atoms with E-state index in [4.69, 9.17) is 4.98 Å². The van der Waals surface area contributed by atoms with Gasteiger partial charge in [-0.05, 0) is 57.4 Å². The quantitative estimate of drug-likeness (QED) is 0.519. The molecule has 2 aromatic carbocycles. The van der Waals surface area contributed by atoms with Gasteiger partial charge in [0.05, 0.1) is 10.5 Å². The zero-order valence-electron chi connectivity index (χ0n) is 20.9. The van der Waals surface area contributed by atoms with Gasteiger partial charge in [-0.1, -0.05) is 66.7 Å². The van der Waals surface area contributed by atoms with Crippen LogP contribution < -0.4 is 20.1 Å². The van der Waals surface area contributed by atoms with Crippen LogP contribution in [-0.2, 0) is 10.0 Å². The number of nitrogens with zero attached hydrogens (tertiary/aromatic N) is 2. The Labute approximate surface area is 210 Å². The van der Waals surface area contributed by atoms with Gasteiger partial charge in [-0.15, -0.1) is 0 Å². The minimum atomic E-state index is -4.00. The highest BCUT2D eigenvalue weighted by Gasteiger charge is 2.39. The molecule has 1 fully saturated rings. The summed E-state index contributed by atoms with van der Waals surface area (Å²) in [6.45, 7) is 11.5. The van der Waals surface area contributed by atoms with Crippen molar-refractivity contribution >= 4 is 41.0 Å². The van der Waals surface area contributed by atoms with Crippen LogP contribution in [0.2, 0.25) is 6.55 Å². The van der Waals surface area contributed by atoms with E-state index in [-0.39, 0.29) is 16.0 Å². The normalized spacial score (nSPS) is 17.5. The molecular formula is C27H32N3O3SSi. The number of hydrogen-bond donors (Lipinski definition) is 1. The summed E-state index contributed by atoms with van der Waals surface area (Å²) in [5.74, 6) is 0.315. The lowest BCUT2D eigenvalue weighted by Crippen LogP contribution is -2.45. The Morgan fingerprint density at radius 2 is 1.71 bits per heavy atom. The van der Waals surface area contributed by atoms with E-state index < -0.39 is 24.7 Å². The summed E-state index contributed by atoms with van der Waals surface area (Å²) in [5.41, 5.74) is 1.27. The fraction of sp³-hybridized carbons (Fsp3) is 0.333. The highest BCUT2D eigenvalue weighted by Crippen LogP contribution is 2.37. The Kier molecular flexibility index (Phi) is 6.88. The molecule has 1 radical (unpaired) electrons. The summed E-state index contributed by atoms with van der Waals surface area (Å²) >= 11 is 0. The summed E-state index contributed by atoms with van der Waals surface area (Å²) in [4.78, 5) is 20.6. The number of carbonyl (C=O) groups excluding carboxylic acids is 1. The van der Waals surface area contributed by atoms with Crippen LogP contribution in [0.3, 0.4) is 0 Å². The predicted molar refractivity (Wildman–Crippen MR) is 143 cm³/mol. The van der Waals surface area contributed by atoms with Crippen molar-refractivity contribution in [2.75, 3.05) is 11.4 Å². The van der Waals surface area contributed by atoms with Crippen LogP contribution >= 0.6 is 0 Å². The third kappa shape index (κ3) is 5.33. The molecule has 183 valence electrons. The van der Waals surface area contributed by atoms with E-state index >= 15 is 0 Å². The number of aryl methyl sites for hydroxylation is 1. The molecule has 1 aliphatic heterocycles. The van der Waals surface area contributed by atoms with Crippen molar-refractivity contribution < 1.29 is 13.2 Å². The zero-order chi connectivity index (χ0) is 25.4. The van der Waals surface area contributed by atoms with E-state index in [0.29, 0.717) is 11.7 Å². The van der Waals surface area contributed by atoms with Crippen molar-refractivity contribution in [3.63, 3.8) is 0 Å². The standard InChI is InChI=1S/C27H32N3O3SSi/c1-19-11-13-22(14-12-19)35(5)24-16-15-23(25(28-24)30-18-20(2)17-27(30,3)4)26(31)29-34(32,33)21-9-7-6-8-10-21/h6-16,20H,17-18H2,1-5H3,(H,29,31)/t20-/m0/s1. The van der Waals surface area contributed by atoms with Crippen LogP contribution in [0, 0.1) is 12.8 Å². The van der Waals surface area contributed by atoms with Gasteiger partial charge in [-0.25, -0.2) is 18.1 Å². The van der Waals surface area contributed by atoms with Gasteiger partial charge in [-0.3, -0.25) is 4.79 Å². The first-order valence-electron chi connectivity index (χ1n) is 11.8. The monoisotopic (exact) mass is 506 g/mol. The first-order valence-corrected chi connectivity index (χ1v) is 15.3.